The lowest BCUT2D eigenvalue weighted by atomic mass is 9.78. The van der Waals surface area contributed by atoms with Crippen molar-refractivity contribution in [3.8, 4) is 5.75 Å². The van der Waals surface area contributed by atoms with Gasteiger partial charge in [0.15, 0.2) is 0 Å². The van der Waals surface area contributed by atoms with Crippen LogP contribution < -0.4 is 4.74 Å². The van der Waals surface area contributed by atoms with Crippen LogP contribution in [0.5, 0.6) is 5.75 Å². The summed E-state index contributed by atoms with van der Waals surface area (Å²) in [5, 5.41) is 0. The Morgan fingerprint density at radius 2 is 1.90 bits per heavy atom. The number of carbonyl (C=O) groups is 1. The minimum Gasteiger partial charge on any atom is -0.497 e. The van der Waals surface area contributed by atoms with Crippen LogP contribution in [0.4, 0.5) is 0 Å². The SMILES string of the molecule is COc1ccc(CCC(=O)N2CCC3(CC2)C[C@@H](CCOCC2CC2)CCO3)cc1. The molecule has 0 radical (unpaired) electrons. The van der Waals surface area contributed by atoms with E-state index in [1.54, 1.807) is 7.11 Å². The summed E-state index contributed by atoms with van der Waals surface area (Å²) in [5.74, 6) is 2.67. The normalized spacial score (nSPS) is 23.5. The maximum absolute atomic E-state index is 12.7. The highest BCUT2D eigenvalue weighted by atomic mass is 16.5. The number of ether oxygens (including phenoxy) is 3. The van der Waals surface area contributed by atoms with Crippen molar-refractivity contribution in [2.45, 2.75) is 63.4 Å². The molecular weight excluding hydrogens is 378 g/mol. The summed E-state index contributed by atoms with van der Waals surface area (Å²) < 4.78 is 17.3. The molecule has 166 valence electrons. The smallest absolute Gasteiger partial charge is 0.222 e. The number of benzene rings is 1. The Balaban J connectivity index is 1.17. The van der Waals surface area contributed by atoms with E-state index in [0.717, 1.165) is 83.1 Å². The number of nitrogens with zero attached hydrogens (tertiary/aromatic N) is 1. The number of amides is 1. The van der Waals surface area contributed by atoms with Crippen molar-refractivity contribution in [3.05, 3.63) is 29.8 Å². The lowest BCUT2D eigenvalue weighted by Gasteiger charge is -2.46. The van der Waals surface area contributed by atoms with Gasteiger partial charge in [-0.15, -0.1) is 0 Å². The van der Waals surface area contributed by atoms with Crippen molar-refractivity contribution in [2.24, 2.45) is 11.8 Å². The van der Waals surface area contributed by atoms with Crippen LogP contribution in [0.2, 0.25) is 0 Å². The molecule has 0 aromatic heterocycles. The maximum atomic E-state index is 12.7. The summed E-state index contributed by atoms with van der Waals surface area (Å²) in [7, 11) is 1.67. The second-order valence-corrected chi connectivity index (χ2v) is 9.43. The van der Waals surface area contributed by atoms with Crippen LogP contribution in [-0.4, -0.2) is 56.4 Å². The largest absolute Gasteiger partial charge is 0.497 e. The average molecular weight is 416 g/mol. The molecular formula is C25H37NO4. The van der Waals surface area contributed by atoms with Gasteiger partial charge >= 0.3 is 0 Å². The molecule has 2 saturated heterocycles. The molecule has 0 bridgehead atoms. The van der Waals surface area contributed by atoms with Crippen molar-refractivity contribution in [3.63, 3.8) is 0 Å². The highest BCUT2D eigenvalue weighted by Crippen LogP contribution is 2.39. The second kappa shape index (κ2) is 10.1. The highest BCUT2D eigenvalue weighted by Gasteiger charge is 2.40. The van der Waals surface area contributed by atoms with Crippen LogP contribution in [0.25, 0.3) is 0 Å². The fourth-order valence-corrected chi connectivity index (χ4v) is 4.87. The monoisotopic (exact) mass is 415 g/mol. The van der Waals surface area contributed by atoms with Gasteiger partial charge in [-0.3, -0.25) is 4.79 Å². The summed E-state index contributed by atoms with van der Waals surface area (Å²) in [6.45, 7) is 4.37. The Morgan fingerprint density at radius 3 is 2.60 bits per heavy atom. The van der Waals surface area contributed by atoms with E-state index in [1.165, 1.54) is 18.4 Å². The van der Waals surface area contributed by atoms with E-state index in [4.69, 9.17) is 14.2 Å². The predicted molar refractivity (Wildman–Crippen MR) is 117 cm³/mol. The van der Waals surface area contributed by atoms with Gasteiger partial charge in [-0.05, 0) is 80.9 Å². The van der Waals surface area contributed by atoms with Gasteiger partial charge in [-0.2, -0.15) is 0 Å². The standard InChI is InChI=1S/C25H37NO4/c1-28-23-7-4-20(5-8-23)6-9-24(27)26-14-12-25(13-15-26)18-21(11-17-30-25)10-16-29-19-22-2-3-22/h4-5,7-8,21-22H,2-3,6,9-19H2,1H3/t21-/m0/s1. The van der Waals surface area contributed by atoms with E-state index >= 15 is 0 Å². The Bertz CT molecular complexity index is 677. The van der Waals surface area contributed by atoms with Gasteiger partial charge in [0.1, 0.15) is 5.75 Å². The van der Waals surface area contributed by atoms with E-state index in [2.05, 4.69) is 0 Å². The van der Waals surface area contributed by atoms with Crippen molar-refractivity contribution in [1.82, 2.24) is 4.90 Å². The Hall–Kier alpha value is -1.59. The van der Waals surface area contributed by atoms with Crippen molar-refractivity contribution in [1.29, 1.82) is 0 Å². The molecule has 2 heterocycles. The van der Waals surface area contributed by atoms with Gasteiger partial charge in [0.05, 0.1) is 12.7 Å². The molecule has 5 nitrogen and oxygen atoms in total. The quantitative estimate of drug-likeness (QED) is 0.566. The molecule has 30 heavy (non-hydrogen) atoms. The average Bonchev–Trinajstić information content (AvgIpc) is 3.61. The van der Waals surface area contributed by atoms with Crippen LogP contribution in [0, 0.1) is 11.8 Å². The van der Waals surface area contributed by atoms with Crippen LogP contribution in [0.1, 0.15) is 56.9 Å². The Labute approximate surface area is 181 Å². The van der Waals surface area contributed by atoms with Crippen LogP contribution >= 0.6 is 0 Å². The lowest BCUT2D eigenvalue weighted by Crippen LogP contribution is -2.50. The fraction of sp³-hybridized carbons (Fsp3) is 0.720. The van der Waals surface area contributed by atoms with E-state index in [-0.39, 0.29) is 11.5 Å². The first-order chi connectivity index (χ1) is 14.7. The van der Waals surface area contributed by atoms with Gasteiger partial charge in [-0.1, -0.05) is 12.1 Å². The van der Waals surface area contributed by atoms with Crippen molar-refractivity contribution in [2.75, 3.05) is 40.0 Å². The third-order valence-corrected chi connectivity index (χ3v) is 7.13. The number of carbonyl (C=O) groups excluding carboxylic acids is 1. The molecule has 1 aromatic rings. The third-order valence-electron chi connectivity index (χ3n) is 7.13. The number of aryl methyl sites for hydroxylation is 1. The number of likely N-dealkylation sites (tertiary alicyclic amines) is 1. The van der Waals surface area contributed by atoms with Gasteiger partial charge in [0.2, 0.25) is 5.91 Å². The van der Waals surface area contributed by atoms with Gasteiger partial charge in [-0.25, -0.2) is 0 Å². The molecule has 1 saturated carbocycles. The summed E-state index contributed by atoms with van der Waals surface area (Å²) in [5.41, 5.74) is 1.17. The highest BCUT2D eigenvalue weighted by molar-refractivity contribution is 5.76. The fourth-order valence-electron chi connectivity index (χ4n) is 4.87. The van der Waals surface area contributed by atoms with E-state index in [9.17, 15) is 4.79 Å². The first kappa shape index (κ1) is 21.6. The van der Waals surface area contributed by atoms with Crippen molar-refractivity contribution >= 4 is 5.91 Å². The van der Waals surface area contributed by atoms with Crippen molar-refractivity contribution < 1.29 is 19.0 Å². The van der Waals surface area contributed by atoms with Gasteiger partial charge in [0, 0.05) is 39.3 Å². The minimum atomic E-state index is -0.00777. The predicted octanol–water partition coefficient (Wildman–Crippen LogP) is 4.23. The number of hydrogen-bond donors (Lipinski definition) is 0. The zero-order valence-electron chi connectivity index (χ0n) is 18.4. The maximum Gasteiger partial charge on any atom is 0.222 e. The van der Waals surface area contributed by atoms with E-state index < -0.39 is 0 Å². The summed E-state index contributed by atoms with van der Waals surface area (Å²) in [6, 6.07) is 8.00. The number of hydrogen-bond acceptors (Lipinski definition) is 4. The zero-order chi connectivity index (χ0) is 20.8. The lowest BCUT2D eigenvalue weighted by molar-refractivity contribution is -0.148. The molecule has 3 fully saturated rings. The number of piperidine rings is 1. The molecule has 1 aromatic carbocycles. The van der Waals surface area contributed by atoms with E-state index in [1.807, 2.05) is 29.2 Å². The molecule has 3 aliphatic rings. The molecule has 5 heteroatoms. The van der Waals surface area contributed by atoms with Crippen LogP contribution in [0.3, 0.4) is 0 Å². The molecule has 0 N–H and O–H groups in total. The summed E-state index contributed by atoms with van der Waals surface area (Å²) >= 11 is 0. The molecule has 4 rings (SSSR count). The van der Waals surface area contributed by atoms with Crippen LogP contribution in [-0.2, 0) is 20.7 Å². The first-order valence-electron chi connectivity index (χ1n) is 11.8. The zero-order valence-corrected chi connectivity index (χ0v) is 18.4. The Morgan fingerprint density at radius 1 is 1.13 bits per heavy atom. The third kappa shape index (κ3) is 5.98. The van der Waals surface area contributed by atoms with Gasteiger partial charge in [0.25, 0.3) is 0 Å². The van der Waals surface area contributed by atoms with Gasteiger partial charge < -0.3 is 19.1 Å². The number of methoxy groups -OCH3 is 1. The number of rotatable bonds is 9. The minimum absolute atomic E-state index is 0.00777. The van der Waals surface area contributed by atoms with Crippen LogP contribution in [0.15, 0.2) is 24.3 Å². The molecule has 1 aliphatic carbocycles. The Kier molecular flexibility index (Phi) is 7.32. The molecule has 1 amide bonds. The summed E-state index contributed by atoms with van der Waals surface area (Å²) in [6.07, 6.45) is 9.45. The topological polar surface area (TPSA) is 48.0 Å². The first-order valence-corrected chi connectivity index (χ1v) is 11.8. The molecule has 1 spiro atoms. The molecule has 2 aliphatic heterocycles. The molecule has 1 atom stereocenters. The summed E-state index contributed by atoms with van der Waals surface area (Å²) in [4.78, 5) is 14.8. The molecule has 0 unspecified atom stereocenters. The second-order valence-electron chi connectivity index (χ2n) is 9.43. The van der Waals surface area contributed by atoms with E-state index in [0.29, 0.717) is 12.3 Å².